The molecule has 2 fully saturated rings. The van der Waals surface area contributed by atoms with Gasteiger partial charge in [-0.2, -0.15) is 13.9 Å². The highest BCUT2D eigenvalue weighted by atomic mass is 19.3. The molecular weight excluding hydrogens is 425 g/mol. The quantitative estimate of drug-likeness (QED) is 0.652. The number of likely N-dealkylation sites (tertiary alicyclic amines) is 1. The van der Waals surface area contributed by atoms with E-state index in [1.807, 2.05) is 17.0 Å². The minimum absolute atomic E-state index is 0.0842. The lowest BCUT2D eigenvalue weighted by Crippen LogP contribution is -2.53. The number of aromatic nitrogens is 2. The molecule has 0 spiro atoms. The second-order valence-corrected chi connectivity index (χ2v) is 8.05. The molecule has 3 aromatic rings. The predicted octanol–water partition coefficient (Wildman–Crippen LogP) is 3.23. The van der Waals surface area contributed by atoms with Gasteiger partial charge in [-0.15, -0.1) is 0 Å². The van der Waals surface area contributed by atoms with Crippen molar-refractivity contribution in [1.29, 1.82) is 0 Å². The summed E-state index contributed by atoms with van der Waals surface area (Å²) in [7, 11) is 0. The molecule has 1 amide bonds. The van der Waals surface area contributed by atoms with Crippen molar-refractivity contribution in [3.05, 3.63) is 59.7 Å². The van der Waals surface area contributed by atoms with Crippen molar-refractivity contribution < 1.29 is 27.8 Å². The van der Waals surface area contributed by atoms with Crippen LogP contribution in [0.2, 0.25) is 0 Å². The Morgan fingerprint density at radius 1 is 1.22 bits per heavy atom. The minimum Gasteiger partial charge on any atom is -0.435 e. The molecule has 10 heteroatoms. The van der Waals surface area contributed by atoms with Gasteiger partial charge in [0.05, 0.1) is 29.4 Å². The van der Waals surface area contributed by atoms with E-state index in [1.54, 1.807) is 15.6 Å². The number of halogens is 3. The highest BCUT2D eigenvalue weighted by Gasteiger charge is 2.32. The number of anilines is 1. The third kappa shape index (κ3) is 3.64. The summed E-state index contributed by atoms with van der Waals surface area (Å²) >= 11 is 0. The van der Waals surface area contributed by atoms with Gasteiger partial charge < -0.3 is 19.6 Å². The lowest BCUT2D eigenvalue weighted by atomic mass is 10.0. The third-order valence-electron chi connectivity index (χ3n) is 6.02. The number of carbonyl (C=O) groups excluding carboxylic acids is 1. The molecule has 4 heterocycles. The molecule has 2 aromatic heterocycles. The lowest BCUT2D eigenvalue weighted by molar-refractivity contribution is -0.0499. The summed E-state index contributed by atoms with van der Waals surface area (Å²) in [4.78, 5) is 16.3. The van der Waals surface area contributed by atoms with Gasteiger partial charge in [-0.1, -0.05) is 0 Å². The van der Waals surface area contributed by atoms with Crippen LogP contribution in [-0.4, -0.2) is 57.9 Å². The molecule has 2 saturated heterocycles. The topological polar surface area (TPSA) is 70.3 Å². The summed E-state index contributed by atoms with van der Waals surface area (Å²) in [5.74, 6) is -0.774. The van der Waals surface area contributed by atoms with Crippen LogP contribution in [0.25, 0.3) is 5.52 Å². The monoisotopic (exact) mass is 446 g/mol. The average Bonchev–Trinajstić information content (AvgIpc) is 3.38. The van der Waals surface area contributed by atoms with Gasteiger partial charge >= 0.3 is 6.61 Å². The van der Waals surface area contributed by atoms with Crippen LogP contribution in [0.3, 0.4) is 0 Å². The van der Waals surface area contributed by atoms with Gasteiger partial charge in [-0.05, 0) is 43.2 Å². The van der Waals surface area contributed by atoms with E-state index in [1.165, 1.54) is 18.3 Å². The maximum Gasteiger partial charge on any atom is 0.387 e. The largest absolute Gasteiger partial charge is 0.435 e. The Kier molecular flexibility index (Phi) is 5.16. The van der Waals surface area contributed by atoms with Crippen LogP contribution in [-0.2, 0) is 0 Å². The number of fused-ring (bicyclic) bond motifs is 1. The molecule has 1 atom stereocenters. The molecule has 2 aliphatic rings. The van der Waals surface area contributed by atoms with E-state index in [4.69, 9.17) is 0 Å². The SMILES string of the molecule is O=C(c1cnn2ccc(N3CCCC3c3cc(OC(F)F)ccc3F)cc12)N1CC(O)C1. The predicted molar refractivity (Wildman–Crippen MR) is 109 cm³/mol. The highest BCUT2D eigenvalue weighted by molar-refractivity contribution is 6.01. The van der Waals surface area contributed by atoms with Gasteiger partial charge in [0.25, 0.3) is 5.91 Å². The van der Waals surface area contributed by atoms with Crippen LogP contribution in [0.5, 0.6) is 5.75 Å². The minimum atomic E-state index is -2.99. The molecule has 0 aliphatic carbocycles. The van der Waals surface area contributed by atoms with Gasteiger partial charge in [-0.25, -0.2) is 8.91 Å². The molecule has 0 bridgehead atoms. The molecule has 2 aliphatic heterocycles. The summed E-state index contributed by atoms with van der Waals surface area (Å²) in [6.45, 7) is -1.75. The Labute approximate surface area is 181 Å². The Bertz CT molecular complexity index is 1160. The lowest BCUT2D eigenvalue weighted by Gasteiger charge is -2.35. The molecule has 1 N–H and O–H groups in total. The number of benzene rings is 1. The second-order valence-electron chi connectivity index (χ2n) is 8.05. The van der Waals surface area contributed by atoms with Crippen molar-refractivity contribution in [2.75, 3.05) is 24.5 Å². The summed E-state index contributed by atoms with van der Waals surface area (Å²) < 4.78 is 45.9. The molecule has 168 valence electrons. The van der Waals surface area contributed by atoms with Crippen LogP contribution >= 0.6 is 0 Å². The summed E-state index contributed by atoms with van der Waals surface area (Å²) in [6.07, 6.45) is 4.18. The number of nitrogens with zero attached hydrogens (tertiary/aromatic N) is 4. The fourth-order valence-corrected chi connectivity index (χ4v) is 4.46. The van der Waals surface area contributed by atoms with E-state index in [0.29, 0.717) is 42.7 Å². The molecule has 7 nitrogen and oxygen atoms in total. The number of pyridine rings is 1. The van der Waals surface area contributed by atoms with Crippen molar-refractivity contribution in [3.63, 3.8) is 0 Å². The smallest absolute Gasteiger partial charge is 0.387 e. The van der Waals surface area contributed by atoms with E-state index in [-0.39, 0.29) is 17.7 Å². The first-order valence-electron chi connectivity index (χ1n) is 10.4. The fourth-order valence-electron chi connectivity index (χ4n) is 4.46. The number of alkyl halides is 2. The van der Waals surface area contributed by atoms with Crippen LogP contribution in [0.1, 0.15) is 34.8 Å². The number of hydrogen-bond acceptors (Lipinski definition) is 5. The van der Waals surface area contributed by atoms with Crippen LogP contribution in [0.4, 0.5) is 18.9 Å². The van der Waals surface area contributed by atoms with Crippen molar-refractivity contribution >= 4 is 17.1 Å². The van der Waals surface area contributed by atoms with Gasteiger partial charge in [0.2, 0.25) is 0 Å². The second kappa shape index (κ2) is 8.01. The standard InChI is InChI=1S/C22H21F3N4O3/c23-18-4-3-15(32-22(24)25)9-16(18)19-2-1-6-28(19)13-5-7-29-20(8-13)17(10-26-29)21(31)27-11-14(30)12-27/h3-5,7-10,14,19,22,30H,1-2,6,11-12H2. The van der Waals surface area contributed by atoms with Gasteiger partial charge in [0.1, 0.15) is 11.6 Å². The number of amides is 1. The summed E-state index contributed by atoms with van der Waals surface area (Å²) in [5.41, 5.74) is 2.10. The first-order valence-corrected chi connectivity index (χ1v) is 10.4. The molecule has 1 unspecified atom stereocenters. The Balaban J connectivity index is 1.47. The first-order chi connectivity index (χ1) is 15.4. The molecule has 32 heavy (non-hydrogen) atoms. The summed E-state index contributed by atoms with van der Waals surface area (Å²) in [6, 6.07) is 6.95. The molecule has 0 saturated carbocycles. The Morgan fingerprint density at radius 3 is 2.78 bits per heavy atom. The zero-order chi connectivity index (χ0) is 22.4. The molecular formula is C22H21F3N4O3. The Morgan fingerprint density at radius 2 is 2.03 bits per heavy atom. The van der Waals surface area contributed by atoms with E-state index in [2.05, 4.69) is 9.84 Å². The van der Waals surface area contributed by atoms with Crippen LogP contribution in [0, 0.1) is 5.82 Å². The fraction of sp³-hybridized carbons (Fsp3) is 0.364. The number of rotatable bonds is 5. The number of β-amino-alcohol motifs (C(OH)–C–C–N with tert-alkyl or cyclic N) is 1. The van der Waals surface area contributed by atoms with E-state index >= 15 is 0 Å². The van der Waals surface area contributed by atoms with Gasteiger partial charge in [0, 0.05) is 37.1 Å². The zero-order valence-electron chi connectivity index (χ0n) is 17.0. The van der Waals surface area contributed by atoms with Crippen LogP contribution < -0.4 is 9.64 Å². The third-order valence-corrected chi connectivity index (χ3v) is 6.02. The average molecular weight is 446 g/mol. The maximum absolute atomic E-state index is 14.6. The van der Waals surface area contributed by atoms with E-state index < -0.39 is 18.5 Å². The number of ether oxygens (including phenoxy) is 1. The normalized spacial score (nSPS) is 19.1. The number of carbonyl (C=O) groups is 1. The van der Waals surface area contributed by atoms with Crippen molar-refractivity contribution in [3.8, 4) is 5.75 Å². The molecule has 5 rings (SSSR count). The molecule has 0 radical (unpaired) electrons. The van der Waals surface area contributed by atoms with Crippen molar-refractivity contribution in [1.82, 2.24) is 14.5 Å². The zero-order valence-corrected chi connectivity index (χ0v) is 17.0. The first kappa shape index (κ1) is 20.6. The number of aliphatic hydroxyl groups is 1. The van der Waals surface area contributed by atoms with Gasteiger partial charge in [-0.3, -0.25) is 4.79 Å². The van der Waals surface area contributed by atoms with Gasteiger partial charge in [0.15, 0.2) is 0 Å². The van der Waals surface area contributed by atoms with Crippen LogP contribution in [0.15, 0.2) is 42.7 Å². The van der Waals surface area contributed by atoms with E-state index in [0.717, 1.165) is 18.2 Å². The van der Waals surface area contributed by atoms with Crippen molar-refractivity contribution in [2.45, 2.75) is 31.6 Å². The summed E-state index contributed by atoms with van der Waals surface area (Å²) in [5, 5.41) is 13.7. The molecule has 1 aromatic carbocycles. The number of hydrogen-bond donors (Lipinski definition) is 1. The number of aliphatic hydroxyl groups excluding tert-OH is 1. The highest BCUT2D eigenvalue weighted by Crippen LogP contribution is 2.39. The Hall–Kier alpha value is -3.27. The maximum atomic E-state index is 14.6. The van der Waals surface area contributed by atoms with Crippen molar-refractivity contribution in [2.24, 2.45) is 0 Å². The van der Waals surface area contributed by atoms with E-state index in [9.17, 15) is 23.1 Å².